The summed E-state index contributed by atoms with van der Waals surface area (Å²) in [6.45, 7) is 0.560. The second kappa shape index (κ2) is 9.19. The molecule has 3 aromatic rings. The Labute approximate surface area is 163 Å². The molecule has 0 aliphatic heterocycles. The number of rotatable bonds is 8. The fourth-order valence-electron chi connectivity index (χ4n) is 2.69. The van der Waals surface area contributed by atoms with Crippen molar-refractivity contribution in [1.29, 1.82) is 0 Å². The van der Waals surface area contributed by atoms with E-state index in [0.29, 0.717) is 19.4 Å². The zero-order valence-corrected chi connectivity index (χ0v) is 16.2. The Morgan fingerprint density at radius 1 is 1.07 bits per heavy atom. The quantitative estimate of drug-likeness (QED) is 0.645. The number of benzene rings is 2. The van der Waals surface area contributed by atoms with Gasteiger partial charge in [-0.1, -0.05) is 24.3 Å². The first-order valence-corrected chi connectivity index (χ1v) is 9.55. The molecule has 1 N–H and O–H groups in total. The summed E-state index contributed by atoms with van der Waals surface area (Å²) < 4.78 is 10.5. The van der Waals surface area contributed by atoms with Gasteiger partial charge in [0, 0.05) is 18.3 Å². The van der Waals surface area contributed by atoms with Crippen molar-refractivity contribution in [1.82, 2.24) is 10.3 Å². The molecule has 3 rings (SSSR count). The fraction of sp³-hybridized carbons (Fsp3) is 0.238. The second-order valence-corrected chi connectivity index (χ2v) is 6.83. The number of aromatic nitrogens is 1. The minimum atomic E-state index is 0.000323. The number of nitrogens with one attached hydrogen (secondary N) is 1. The van der Waals surface area contributed by atoms with Crippen LogP contribution in [0.5, 0.6) is 11.5 Å². The topological polar surface area (TPSA) is 60.5 Å². The number of methoxy groups -OCH3 is 2. The van der Waals surface area contributed by atoms with Gasteiger partial charge in [-0.05, 0) is 29.8 Å². The van der Waals surface area contributed by atoms with Gasteiger partial charge in [0.25, 0.3) is 0 Å². The summed E-state index contributed by atoms with van der Waals surface area (Å²) in [5.74, 6) is 1.60. The highest BCUT2D eigenvalue weighted by Crippen LogP contribution is 2.31. The van der Waals surface area contributed by atoms with E-state index in [1.165, 1.54) is 0 Å². The van der Waals surface area contributed by atoms with Crippen LogP contribution in [-0.4, -0.2) is 31.7 Å². The molecule has 6 heteroatoms. The summed E-state index contributed by atoms with van der Waals surface area (Å²) in [5, 5.41) is 5.90. The maximum atomic E-state index is 12.1. The average Bonchev–Trinajstić information content (AvgIpc) is 3.17. The van der Waals surface area contributed by atoms with Crippen LogP contribution in [0.1, 0.15) is 11.3 Å². The van der Waals surface area contributed by atoms with E-state index < -0.39 is 0 Å². The number of hydrogen-bond donors (Lipinski definition) is 1. The molecule has 0 radical (unpaired) electrons. The van der Waals surface area contributed by atoms with Crippen molar-refractivity contribution >= 4 is 17.2 Å². The van der Waals surface area contributed by atoms with Crippen LogP contribution in [0.15, 0.2) is 53.9 Å². The largest absolute Gasteiger partial charge is 0.497 e. The van der Waals surface area contributed by atoms with Crippen LogP contribution in [0.3, 0.4) is 0 Å². The van der Waals surface area contributed by atoms with E-state index in [9.17, 15) is 4.79 Å². The zero-order chi connectivity index (χ0) is 19.1. The highest BCUT2D eigenvalue weighted by Gasteiger charge is 2.10. The molecule has 0 saturated carbocycles. The van der Waals surface area contributed by atoms with Crippen molar-refractivity contribution in [2.45, 2.75) is 12.8 Å². The number of para-hydroxylation sites is 1. The Morgan fingerprint density at radius 3 is 2.59 bits per heavy atom. The molecular weight excluding hydrogens is 360 g/mol. The van der Waals surface area contributed by atoms with Gasteiger partial charge in [-0.2, -0.15) is 0 Å². The lowest BCUT2D eigenvalue weighted by atomic mass is 10.1. The number of nitrogens with zero attached hydrogens (tertiary/aromatic N) is 1. The molecule has 1 amide bonds. The SMILES string of the molecule is COc1ccc(CC(=O)NCCc2csc(-c3ccccc3OC)n2)cc1. The van der Waals surface area contributed by atoms with Gasteiger partial charge >= 0.3 is 0 Å². The summed E-state index contributed by atoms with van der Waals surface area (Å²) in [6, 6.07) is 15.4. The average molecular weight is 382 g/mol. The zero-order valence-electron chi connectivity index (χ0n) is 15.4. The predicted octanol–water partition coefficient (Wildman–Crippen LogP) is 3.73. The van der Waals surface area contributed by atoms with Crippen molar-refractivity contribution in [3.05, 3.63) is 65.2 Å². The van der Waals surface area contributed by atoms with Crippen LogP contribution >= 0.6 is 11.3 Å². The van der Waals surface area contributed by atoms with E-state index in [4.69, 9.17) is 9.47 Å². The van der Waals surface area contributed by atoms with Gasteiger partial charge in [-0.3, -0.25) is 4.79 Å². The van der Waals surface area contributed by atoms with E-state index in [-0.39, 0.29) is 5.91 Å². The third kappa shape index (κ3) is 5.08. The first-order valence-electron chi connectivity index (χ1n) is 8.67. The molecule has 0 unspecified atom stereocenters. The Kier molecular flexibility index (Phi) is 6.44. The number of thiazole rings is 1. The molecule has 0 atom stereocenters. The third-order valence-corrected chi connectivity index (χ3v) is 5.04. The van der Waals surface area contributed by atoms with Gasteiger partial charge in [-0.15, -0.1) is 11.3 Å². The number of hydrogen-bond acceptors (Lipinski definition) is 5. The van der Waals surface area contributed by atoms with E-state index in [1.54, 1.807) is 25.6 Å². The lowest BCUT2D eigenvalue weighted by molar-refractivity contribution is -0.120. The minimum Gasteiger partial charge on any atom is -0.497 e. The van der Waals surface area contributed by atoms with Crippen molar-refractivity contribution < 1.29 is 14.3 Å². The van der Waals surface area contributed by atoms with Crippen LogP contribution in [0.2, 0.25) is 0 Å². The van der Waals surface area contributed by atoms with E-state index in [0.717, 1.165) is 33.3 Å². The summed E-state index contributed by atoms with van der Waals surface area (Å²) in [4.78, 5) is 16.8. The van der Waals surface area contributed by atoms with E-state index in [2.05, 4.69) is 10.3 Å². The summed E-state index contributed by atoms with van der Waals surface area (Å²) in [5.41, 5.74) is 2.91. The van der Waals surface area contributed by atoms with Crippen LogP contribution < -0.4 is 14.8 Å². The van der Waals surface area contributed by atoms with Crippen molar-refractivity contribution in [3.8, 4) is 22.1 Å². The maximum absolute atomic E-state index is 12.1. The third-order valence-electron chi connectivity index (χ3n) is 4.12. The first-order chi connectivity index (χ1) is 13.2. The van der Waals surface area contributed by atoms with Gasteiger partial charge in [0.15, 0.2) is 0 Å². The van der Waals surface area contributed by atoms with Gasteiger partial charge in [0.05, 0.1) is 31.9 Å². The Morgan fingerprint density at radius 2 is 1.85 bits per heavy atom. The highest BCUT2D eigenvalue weighted by molar-refractivity contribution is 7.13. The van der Waals surface area contributed by atoms with E-state index >= 15 is 0 Å². The van der Waals surface area contributed by atoms with Crippen molar-refractivity contribution in [3.63, 3.8) is 0 Å². The lowest BCUT2D eigenvalue weighted by Gasteiger charge is -2.06. The molecule has 5 nitrogen and oxygen atoms in total. The first kappa shape index (κ1) is 18.9. The normalized spacial score (nSPS) is 10.4. The molecule has 0 saturated heterocycles. The summed E-state index contributed by atoms with van der Waals surface area (Å²) >= 11 is 1.58. The maximum Gasteiger partial charge on any atom is 0.224 e. The molecular formula is C21H22N2O3S. The number of ether oxygens (including phenoxy) is 2. The molecule has 27 heavy (non-hydrogen) atoms. The molecule has 1 heterocycles. The Hall–Kier alpha value is -2.86. The van der Waals surface area contributed by atoms with Crippen LogP contribution in [0.4, 0.5) is 0 Å². The number of carbonyl (C=O) groups excluding carboxylic acids is 1. The van der Waals surface area contributed by atoms with Gasteiger partial charge in [0.2, 0.25) is 5.91 Å². The smallest absolute Gasteiger partial charge is 0.224 e. The lowest BCUT2D eigenvalue weighted by Crippen LogP contribution is -2.27. The molecule has 0 fully saturated rings. The molecule has 0 aliphatic carbocycles. The number of amides is 1. The van der Waals surface area contributed by atoms with Crippen molar-refractivity contribution in [2.75, 3.05) is 20.8 Å². The summed E-state index contributed by atoms with van der Waals surface area (Å²) in [6.07, 6.45) is 1.05. The monoisotopic (exact) mass is 382 g/mol. The Bertz CT molecular complexity index is 890. The van der Waals surface area contributed by atoms with Gasteiger partial charge in [-0.25, -0.2) is 4.98 Å². The fourth-order valence-corrected chi connectivity index (χ4v) is 3.57. The van der Waals surface area contributed by atoms with Crippen LogP contribution in [0, 0.1) is 0 Å². The van der Waals surface area contributed by atoms with Gasteiger partial charge in [0.1, 0.15) is 16.5 Å². The molecule has 1 aromatic heterocycles. The van der Waals surface area contributed by atoms with E-state index in [1.807, 2.05) is 53.9 Å². The van der Waals surface area contributed by atoms with Gasteiger partial charge < -0.3 is 14.8 Å². The second-order valence-electron chi connectivity index (χ2n) is 5.97. The molecule has 0 aliphatic rings. The molecule has 0 spiro atoms. The molecule has 0 bridgehead atoms. The predicted molar refractivity (Wildman–Crippen MR) is 108 cm³/mol. The van der Waals surface area contributed by atoms with Crippen LogP contribution in [0.25, 0.3) is 10.6 Å². The van der Waals surface area contributed by atoms with Crippen molar-refractivity contribution in [2.24, 2.45) is 0 Å². The Balaban J connectivity index is 1.50. The number of carbonyl (C=O) groups is 1. The minimum absolute atomic E-state index is 0.000323. The van der Waals surface area contributed by atoms with Crippen LogP contribution in [-0.2, 0) is 17.6 Å². The standard InChI is InChI=1S/C21H22N2O3S/c1-25-17-9-7-15(8-10-17)13-20(24)22-12-11-16-14-27-21(23-16)18-5-3-4-6-19(18)26-2/h3-10,14H,11-13H2,1-2H3,(H,22,24). The molecule has 2 aromatic carbocycles. The highest BCUT2D eigenvalue weighted by atomic mass is 32.1. The molecule has 140 valence electrons. The summed E-state index contributed by atoms with van der Waals surface area (Å²) in [7, 11) is 3.28.